The van der Waals surface area contributed by atoms with Gasteiger partial charge in [0.15, 0.2) is 0 Å². The monoisotopic (exact) mass is 221 g/mol. The molecule has 1 fully saturated rings. The molecule has 1 atom stereocenters. The first-order valence-corrected chi connectivity index (χ1v) is 5.47. The molecule has 2 rings (SSSR count). The van der Waals surface area contributed by atoms with E-state index in [1.54, 1.807) is 11.1 Å². The average Bonchev–Trinajstić information content (AvgIpc) is 2.39. The Morgan fingerprint density at radius 2 is 2.44 bits per heavy atom. The number of aliphatic hydroxyl groups is 1. The van der Waals surface area contributed by atoms with E-state index in [0.717, 1.165) is 19.4 Å². The molecule has 1 amide bonds. The Labute approximate surface area is 94.1 Å². The molecule has 0 radical (unpaired) electrons. The minimum absolute atomic E-state index is 0.0914. The largest absolute Gasteiger partial charge is 0.396 e. The van der Waals surface area contributed by atoms with E-state index in [0.29, 0.717) is 12.2 Å². The van der Waals surface area contributed by atoms with Crippen LogP contribution in [-0.2, 0) is 0 Å². The zero-order chi connectivity index (χ0) is 11.4. The van der Waals surface area contributed by atoms with Gasteiger partial charge in [-0.2, -0.15) is 0 Å². The molecule has 1 aromatic heterocycles. The molecule has 0 spiro atoms. The number of carbonyl (C=O) groups excluding carboxylic acids is 1. The predicted molar refractivity (Wildman–Crippen MR) is 57.7 cm³/mol. The lowest BCUT2D eigenvalue weighted by Crippen LogP contribution is -2.41. The van der Waals surface area contributed by atoms with Gasteiger partial charge in [0.25, 0.3) is 5.91 Å². The molecule has 1 N–H and O–H groups in total. The van der Waals surface area contributed by atoms with Crippen LogP contribution >= 0.6 is 0 Å². The Morgan fingerprint density at radius 3 is 3.12 bits per heavy atom. The summed E-state index contributed by atoms with van der Waals surface area (Å²) in [6, 6.07) is 0. The Kier molecular flexibility index (Phi) is 3.46. The highest BCUT2D eigenvalue weighted by Crippen LogP contribution is 2.17. The second kappa shape index (κ2) is 5.03. The van der Waals surface area contributed by atoms with Crippen molar-refractivity contribution in [2.75, 3.05) is 19.7 Å². The third kappa shape index (κ3) is 2.36. The first kappa shape index (κ1) is 11.0. The Balaban J connectivity index is 2.05. The van der Waals surface area contributed by atoms with Gasteiger partial charge >= 0.3 is 0 Å². The van der Waals surface area contributed by atoms with Crippen LogP contribution in [0.4, 0.5) is 0 Å². The van der Waals surface area contributed by atoms with Crippen LogP contribution in [0.2, 0.25) is 0 Å². The number of amides is 1. The van der Waals surface area contributed by atoms with Crippen LogP contribution < -0.4 is 0 Å². The van der Waals surface area contributed by atoms with E-state index in [9.17, 15) is 4.79 Å². The molecule has 1 aliphatic rings. The smallest absolute Gasteiger partial charge is 0.274 e. The van der Waals surface area contributed by atoms with E-state index in [1.165, 1.54) is 12.4 Å². The van der Waals surface area contributed by atoms with Gasteiger partial charge in [-0.1, -0.05) is 0 Å². The van der Waals surface area contributed by atoms with Crippen LogP contribution in [0.15, 0.2) is 18.6 Å². The minimum Gasteiger partial charge on any atom is -0.396 e. The quantitative estimate of drug-likeness (QED) is 0.781. The van der Waals surface area contributed by atoms with E-state index < -0.39 is 0 Å². The van der Waals surface area contributed by atoms with Gasteiger partial charge < -0.3 is 10.0 Å². The number of aliphatic hydroxyl groups excluding tert-OH is 1. The molecule has 0 unspecified atom stereocenters. The van der Waals surface area contributed by atoms with Gasteiger partial charge in [-0.25, -0.2) is 4.98 Å². The minimum atomic E-state index is -0.0914. The SMILES string of the molecule is O=C(c1cnccn1)N1CCC[C@H](CO)C1. The number of aromatic nitrogens is 2. The van der Waals surface area contributed by atoms with Gasteiger partial charge in [-0.05, 0) is 18.8 Å². The van der Waals surface area contributed by atoms with Crippen molar-refractivity contribution in [3.63, 3.8) is 0 Å². The van der Waals surface area contributed by atoms with E-state index >= 15 is 0 Å². The van der Waals surface area contributed by atoms with Crippen LogP contribution in [0.1, 0.15) is 23.3 Å². The number of hydrogen-bond donors (Lipinski definition) is 1. The summed E-state index contributed by atoms with van der Waals surface area (Å²) < 4.78 is 0. The summed E-state index contributed by atoms with van der Waals surface area (Å²) in [4.78, 5) is 21.6. The van der Waals surface area contributed by atoms with Gasteiger partial charge in [0.2, 0.25) is 0 Å². The highest BCUT2D eigenvalue weighted by molar-refractivity contribution is 5.92. The molecule has 1 aromatic rings. The summed E-state index contributed by atoms with van der Waals surface area (Å²) in [7, 11) is 0. The standard InChI is InChI=1S/C11H15N3O2/c15-8-9-2-1-5-14(7-9)11(16)10-6-12-3-4-13-10/h3-4,6,9,15H,1-2,5,7-8H2/t9-/m0/s1. The van der Waals surface area contributed by atoms with Crippen molar-refractivity contribution in [1.82, 2.24) is 14.9 Å². The lowest BCUT2D eigenvalue weighted by Gasteiger charge is -2.31. The normalized spacial score (nSPS) is 20.8. The first-order valence-electron chi connectivity index (χ1n) is 5.47. The molecule has 1 saturated heterocycles. The number of piperidine rings is 1. The van der Waals surface area contributed by atoms with Gasteiger partial charge in [0.1, 0.15) is 5.69 Å². The number of hydrogen-bond acceptors (Lipinski definition) is 4. The number of nitrogens with zero attached hydrogens (tertiary/aromatic N) is 3. The molecule has 1 aliphatic heterocycles. The molecule has 5 heteroatoms. The molecule has 2 heterocycles. The van der Waals surface area contributed by atoms with Gasteiger partial charge in [-0.3, -0.25) is 9.78 Å². The number of rotatable bonds is 2. The van der Waals surface area contributed by atoms with E-state index in [2.05, 4.69) is 9.97 Å². The summed E-state index contributed by atoms with van der Waals surface area (Å²) in [5, 5.41) is 9.10. The van der Waals surface area contributed by atoms with Crippen molar-refractivity contribution in [1.29, 1.82) is 0 Å². The molecule has 5 nitrogen and oxygen atoms in total. The van der Waals surface area contributed by atoms with E-state index in [4.69, 9.17) is 5.11 Å². The van der Waals surface area contributed by atoms with E-state index in [1.807, 2.05) is 0 Å². The van der Waals surface area contributed by atoms with Crippen molar-refractivity contribution in [3.05, 3.63) is 24.3 Å². The van der Waals surface area contributed by atoms with Gasteiger partial charge in [0, 0.05) is 32.1 Å². The van der Waals surface area contributed by atoms with Crippen LogP contribution in [0.5, 0.6) is 0 Å². The molecule has 0 bridgehead atoms. The average molecular weight is 221 g/mol. The third-order valence-electron chi connectivity index (χ3n) is 2.85. The van der Waals surface area contributed by atoms with Crippen molar-refractivity contribution in [2.24, 2.45) is 5.92 Å². The zero-order valence-corrected chi connectivity index (χ0v) is 9.04. The highest BCUT2D eigenvalue weighted by Gasteiger charge is 2.24. The maximum absolute atomic E-state index is 12.0. The number of carbonyl (C=O) groups is 1. The van der Waals surface area contributed by atoms with Gasteiger partial charge in [-0.15, -0.1) is 0 Å². The molecule has 0 aliphatic carbocycles. The topological polar surface area (TPSA) is 66.3 Å². The molecular formula is C11H15N3O2. The summed E-state index contributed by atoms with van der Waals surface area (Å²) in [6.45, 7) is 1.50. The zero-order valence-electron chi connectivity index (χ0n) is 9.04. The summed E-state index contributed by atoms with van der Waals surface area (Å²) in [5.74, 6) is 0.112. The Morgan fingerprint density at radius 1 is 1.56 bits per heavy atom. The van der Waals surface area contributed by atoms with Gasteiger partial charge in [0.05, 0.1) is 6.20 Å². The maximum atomic E-state index is 12.0. The summed E-state index contributed by atoms with van der Waals surface area (Å²) in [6.07, 6.45) is 6.47. The highest BCUT2D eigenvalue weighted by atomic mass is 16.3. The number of likely N-dealkylation sites (tertiary alicyclic amines) is 1. The maximum Gasteiger partial charge on any atom is 0.274 e. The molecule has 0 aromatic carbocycles. The van der Waals surface area contributed by atoms with Crippen LogP contribution in [-0.4, -0.2) is 45.6 Å². The van der Waals surface area contributed by atoms with Crippen LogP contribution in [0, 0.1) is 5.92 Å². The summed E-state index contributed by atoms with van der Waals surface area (Å²) >= 11 is 0. The molecular weight excluding hydrogens is 206 g/mol. The van der Waals surface area contributed by atoms with Crippen molar-refractivity contribution in [3.8, 4) is 0 Å². The fourth-order valence-electron chi connectivity index (χ4n) is 1.97. The Hall–Kier alpha value is -1.49. The van der Waals surface area contributed by atoms with E-state index in [-0.39, 0.29) is 18.4 Å². The first-order chi connectivity index (χ1) is 7.81. The Bertz CT molecular complexity index is 356. The lowest BCUT2D eigenvalue weighted by atomic mass is 9.99. The molecule has 16 heavy (non-hydrogen) atoms. The van der Waals surface area contributed by atoms with Crippen molar-refractivity contribution < 1.29 is 9.90 Å². The second-order valence-electron chi connectivity index (χ2n) is 4.03. The van der Waals surface area contributed by atoms with Crippen LogP contribution in [0.3, 0.4) is 0 Å². The van der Waals surface area contributed by atoms with Crippen molar-refractivity contribution in [2.45, 2.75) is 12.8 Å². The third-order valence-corrected chi connectivity index (χ3v) is 2.85. The lowest BCUT2D eigenvalue weighted by molar-refractivity contribution is 0.0614. The van der Waals surface area contributed by atoms with Crippen molar-refractivity contribution >= 4 is 5.91 Å². The molecule has 86 valence electrons. The summed E-state index contributed by atoms with van der Waals surface area (Å²) in [5.41, 5.74) is 0.376. The fraction of sp³-hybridized carbons (Fsp3) is 0.545. The second-order valence-corrected chi connectivity index (χ2v) is 4.03. The van der Waals surface area contributed by atoms with Crippen LogP contribution in [0.25, 0.3) is 0 Å². The molecule has 0 saturated carbocycles. The fourth-order valence-corrected chi connectivity index (χ4v) is 1.97. The predicted octanol–water partition coefficient (Wildman–Crippen LogP) is 0.321.